The van der Waals surface area contributed by atoms with E-state index < -0.39 is 0 Å². The number of halogens is 1. The number of fused-ring (bicyclic) bond motifs is 1. The Hall–Kier alpha value is -1.92. The fraction of sp³-hybridized carbons (Fsp3) is 0.0667. The summed E-state index contributed by atoms with van der Waals surface area (Å²) < 4.78 is 1.73. The van der Waals surface area contributed by atoms with Crippen LogP contribution in [0.15, 0.2) is 40.9 Å². The number of rotatable bonds is 2. The fourth-order valence-corrected chi connectivity index (χ4v) is 3.45. The number of benzene rings is 2. The molecule has 0 radical (unpaired) electrons. The van der Waals surface area contributed by atoms with E-state index in [1.807, 2.05) is 37.3 Å². The number of hydrogen-bond donors (Lipinski definition) is 2. The Kier molecular flexibility index (Phi) is 3.65. The summed E-state index contributed by atoms with van der Waals surface area (Å²) in [5.41, 5.74) is 8.95. The molecule has 0 aliphatic carbocycles. The molecule has 0 aliphatic heterocycles. The zero-order valence-electron chi connectivity index (χ0n) is 11.2. The van der Waals surface area contributed by atoms with E-state index >= 15 is 0 Å². The number of amides is 1. The molecular formula is C15H12BrN3OS. The molecule has 1 amide bonds. The average molecular weight is 362 g/mol. The van der Waals surface area contributed by atoms with Crippen LogP contribution in [0.2, 0.25) is 0 Å². The molecule has 6 heteroatoms. The highest BCUT2D eigenvalue weighted by atomic mass is 79.9. The second-order valence-corrected chi connectivity index (χ2v) is 6.54. The number of aromatic nitrogens is 1. The molecular weight excluding hydrogens is 350 g/mol. The molecule has 106 valence electrons. The summed E-state index contributed by atoms with van der Waals surface area (Å²) in [6.07, 6.45) is 0. The van der Waals surface area contributed by atoms with Gasteiger partial charge in [0.05, 0.1) is 15.8 Å². The van der Waals surface area contributed by atoms with E-state index in [2.05, 4.69) is 26.2 Å². The standard InChI is InChI=1S/C15H12BrN3OS/c1-8-6-9(7-12-13(8)19-15(17)21-12)18-14(20)10-4-2-3-5-11(10)16/h2-7H,1H3,(H2,17,19)(H,18,20). The molecule has 0 aliphatic rings. The number of nitrogens with two attached hydrogens (primary N) is 1. The van der Waals surface area contributed by atoms with Crippen molar-refractivity contribution in [2.24, 2.45) is 0 Å². The maximum Gasteiger partial charge on any atom is 0.256 e. The minimum Gasteiger partial charge on any atom is -0.375 e. The van der Waals surface area contributed by atoms with Crippen molar-refractivity contribution < 1.29 is 4.79 Å². The van der Waals surface area contributed by atoms with Gasteiger partial charge in [-0.05, 0) is 52.7 Å². The van der Waals surface area contributed by atoms with Gasteiger partial charge < -0.3 is 11.1 Å². The van der Waals surface area contributed by atoms with Crippen LogP contribution in [0.3, 0.4) is 0 Å². The van der Waals surface area contributed by atoms with Crippen LogP contribution < -0.4 is 11.1 Å². The first kappa shape index (κ1) is 14.0. The van der Waals surface area contributed by atoms with E-state index in [9.17, 15) is 4.79 Å². The van der Waals surface area contributed by atoms with Crippen molar-refractivity contribution in [2.75, 3.05) is 11.1 Å². The van der Waals surface area contributed by atoms with E-state index in [4.69, 9.17) is 5.73 Å². The fourth-order valence-electron chi connectivity index (χ4n) is 2.13. The third-order valence-corrected chi connectivity index (χ3v) is 4.60. The predicted octanol–water partition coefficient (Wildman–Crippen LogP) is 4.20. The zero-order valence-corrected chi connectivity index (χ0v) is 13.6. The van der Waals surface area contributed by atoms with Gasteiger partial charge in [0.15, 0.2) is 5.13 Å². The molecule has 3 aromatic rings. The van der Waals surface area contributed by atoms with Gasteiger partial charge in [-0.15, -0.1) is 0 Å². The zero-order chi connectivity index (χ0) is 15.0. The predicted molar refractivity (Wildman–Crippen MR) is 90.9 cm³/mol. The highest BCUT2D eigenvalue weighted by molar-refractivity contribution is 9.10. The van der Waals surface area contributed by atoms with Gasteiger partial charge in [0.25, 0.3) is 5.91 Å². The van der Waals surface area contributed by atoms with Crippen molar-refractivity contribution in [3.63, 3.8) is 0 Å². The Balaban J connectivity index is 1.95. The first-order valence-corrected chi connectivity index (χ1v) is 7.88. The van der Waals surface area contributed by atoms with Crippen molar-refractivity contribution in [3.05, 3.63) is 52.0 Å². The van der Waals surface area contributed by atoms with E-state index in [1.165, 1.54) is 11.3 Å². The van der Waals surface area contributed by atoms with Gasteiger partial charge in [0.2, 0.25) is 0 Å². The van der Waals surface area contributed by atoms with Crippen molar-refractivity contribution in [2.45, 2.75) is 6.92 Å². The summed E-state index contributed by atoms with van der Waals surface area (Å²) in [6, 6.07) is 11.1. The number of nitrogens with zero attached hydrogens (tertiary/aromatic N) is 1. The van der Waals surface area contributed by atoms with Gasteiger partial charge in [-0.2, -0.15) is 0 Å². The van der Waals surface area contributed by atoms with E-state index in [0.29, 0.717) is 10.7 Å². The molecule has 0 atom stereocenters. The number of hydrogen-bond acceptors (Lipinski definition) is 4. The molecule has 0 saturated carbocycles. The lowest BCUT2D eigenvalue weighted by Crippen LogP contribution is -2.12. The van der Waals surface area contributed by atoms with Crippen molar-refractivity contribution in [1.82, 2.24) is 4.98 Å². The van der Waals surface area contributed by atoms with Crippen LogP contribution >= 0.6 is 27.3 Å². The van der Waals surface area contributed by atoms with Gasteiger partial charge in [-0.1, -0.05) is 23.5 Å². The molecule has 2 aromatic carbocycles. The van der Waals surface area contributed by atoms with Crippen LogP contribution in [-0.4, -0.2) is 10.9 Å². The molecule has 0 bridgehead atoms. The number of aryl methyl sites for hydroxylation is 1. The van der Waals surface area contributed by atoms with Crippen molar-refractivity contribution in [3.8, 4) is 0 Å². The molecule has 0 fully saturated rings. The van der Waals surface area contributed by atoms with E-state index in [-0.39, 0.29) is 5.91 Å². The van der Waals surface area contributed by atoms with Crippen LogP contribution in [0, 0.1) is 6.92 Å². The topological polar surface area (TPSA) is 68.0 Å². The second-order valence-electron chi connectivity index (χ2n) is 4.63. The largest absolute Gasteiger partial charge is 0.375 e. The molecule has 3 N–H and O–H groups in total. The third-order valence-electron chi connectivity index (χ3n) is 3.08. The van der Waals surface area contributed by atoms with Crippen molar-refractivity contribution >= 4 is 54.2 Å². The lowest BCUT2D eigenvalue weighted by atomic mass is 10.1. The highest BCUT2D eigenvalue weighted by Crippen LogP contribution is 2.30. The van der Waals surface area contributed by atoms with E-state index in [0.717, 1.165) is 25.9 Å². The van der Waals surface area contributed by atoms with Gasteiger partial charge in [0.1, 0.15) is 0 Å². The smallest absolute Gasteiger partial charge is 0.256 e. The molecule has 21 heavy (non-hydrogen) atoms. The summed E-state index contributed by atoms with van der Waals surface area (Å²) >= 11 is 4.80. The summed E-state index contributed by atoms with van der Waals surface area (Å²) in [7, 11) is 0. The SMILES string of the molecule is Cc1cc(NC(=O)c2ccccc2Br)cc2sc(N)nc12. The van der Waals surface area contributed by atoms with Gasteiger partial charge in [0, 0.05) is 10.2 Å². The van der Waals surface area contributed by atoms with E-state index in [1.54, 1.807) is 6.07 Å². The van der Waals surface area contributed by atoms with Gasteiger partial charge in [-0.3, -0.25) is 4.79 Å². The summed E-state index contributed by atoms with van der Waals surface area (Å²) in [6.45, 7) is 1.95. The maximum atomic E-state index is 12.3. The molecule has 0 saturated heterocycles. The summed E-state index contributed by atoms with van der Waals surface area (Å²) in [5, 5.41) is 3.44. The quantitative estimate of drug-likeness (QED) is 0.718. The van der Waals surface area contributed by atoms with Gasteiger partial charge in [-0.25, -0.2) is 4.98 Å². The first-order valence-electron chi connectivity index (χ1n) is 6.27. The number of carbonyl (C=O) groups excluding carboxylic acids is 1. The lowest BCUT2D eigenvalue weighted by Gasteiger charge is -2.08. The Labute approximate surface area is 134 Å². The molecule has 1 heterocycles. The minimum atomic E-state index is -0.154. The summed E-state index contributed by atoms with van der Waals surface area (Å²) in [5.74, 6) is -0.154. The molecule has 3 rings (SSSR count). The lowest BCUT2D eigenvalue weighted by molar-refractivity contribution is 0.102. The highest BCUT2D eigenvalue weighted by Gasteiger charge is 2.12. The third kappa shape index (κ3) is 2.77. The number of anilines is 2. The first-order chi connectivity index (χ1) is 10.0. The summed E-state index contributed by atoms with van der Waals surface area (Å²) in [4.78, 5) is 16.6. The second kappa shape index (κ2) is 5.46. The average Bonchev–Trinajstić information content (AvgIpc) is 2.80. The van der Waals surface area contributed by atoms with Crippen LogP contribution in [0.25, 0.3) is 10.2 Å². The molecule has 4 nitrogen and oxygen atoms in total. The Morgan fingerprint density at radius 1 is 1.33 bits per heavy atom. The molecule has 1 aromatic heterocycles. The van der Waals surface area contributed by atoms with Crippen LogP contribution in [0.5, 0.6) is 0 Å². The van der Waals surface area contributed by atoms with Gasteiger partial charge >= 0.3 is 0 Å². The number of carbonyl (C=O) groups is 1. The Bertz CT molecular complexity index is 844. The van der Waals surface area contributed by atoms with Crippen LogP contribution in [0.4, 0.5) is 10.8 Å². The number of nitrogens with one attached hydrogen (secondary N) is 1. The number of thiazole rings is 1. The number of nitrogen functional groups attached to an aromatic ring is 1. The normalized spacial score (nSPS) is 10.8. The maximum absolute atomic E-state index is 12.3. The van der Waals surface area contributed by atoms with Crippen LogP contribution in [0.1, 0.15) is 15.9 Å². The molecule has 0 unspecified atom stereocenters. The van der Waals surface area contributed by atoms with Crippen molar-refractivity contribution in [1.29, 1.82) is 0 Å². The monoisotopic (exact) mass is 361 g/mol. The Morgan fingerprint density at radius 3 is 2.86 bits per heavy atom. The minimum absolute atomic E-state index is 0.154. The Morgan fingerprint density at radius 2 is 2.10 bits per heavy atom. The molecule has 0 spiro atoms. The van der Waals surface area contributed by atoms with Crippen LogP contribution in [-0.2, 0) is 0 Å².